The van der Waals surface area contributed by atoms with Crippen LogP contribution in [0.2, 0.25) is 0 Å². The predicted molar refractivity (Wildman–Crippen MR) is 80.4 cm³/mol. The topological polar surface area (TPSA) is 71.3 Å². The van der Waals surface area contributed by atoms with Crippen LogP contribution in [0.15, 0.2) is 39.5 Å². The van der Waals surface area contributed by atoms with Gasteiger partial charge in [0, 0.05) is 12.6 Å². The smallest absolute Gasteiger partial charge is 0.287 e. The SMILES string of the molecule is O=C(NCC1CCNCC1)c1cc(=O)c2ccccc2o1. The molecular weight excluding hydrogens is 268 g/mol. The van der Waals surface area contributed by atoms with Gasteiger partial charge in [0.1, 0.15) is 5.58 Å². The number of carbonyl (C=O) groups excluding carboxylic acids is 1. The van der Waals surface area contributed by atoms with E-state index < -0.39 is 0 Å². The van der Waals surface area contributed by atoms with Crippen molar-refractivity contribution >= 4 is 16.9 Å². The number of nitrogens with one attached hydrogen (secondary N) is 2. The van der Waals surface area contributed by atoms with Crippen LogP contribution in [0.3, 0.4) is 0 Å². The number of para-hydroxylation sites is 1. The maximum absolute atomic E-state index is 12.1. The lowest BCUT2D eigenvalue weighted by Gasteiger charge is -2.22. The molecular formula is C16H18N2O3. The molecule has 1 aromatic carbocycles. The molecule has 1 aliphatic heterocycles. The molecule has 110 valence electrons. The van der Waals surface area contributed by atoms with E-state index in [1.807, 2.05) is 0 Å². The van der Waals surface area contributed by atoms with E-state index in [0.29, 0.717) is 23.4 Å². The van der Waals surface area contributed by atoms with Gasteiger partial charge in [0.05, 0.1) is 5.39 Å². The van der Waals surface area contributed by atoms with Crippen LogP contribution in [0.4, 0.5) is 0 Å². The van der Waals surface area contributed by atoms with Crippen LogP contribution in [0.25, 0.3) is 11.0 Å². The Bertz CT molecular complexity index is 702. The number of fused-ring (bicyclic) bond motifs is 1. The standard InChI is InChI=1S/C16H18N2O3/c19-13-9-15(21-14-4-2-1-3-12(13)14)16(20)18-10-11-5-7-17-8-6-11/h1-4,9,11,17H,5-8,10H2,(H,18,20). The van der Waals surface area contributed by atoms with Crippen LogP contribution < -0.4 is 16.1 Å². The molecule has 2 N–H and O–H groups in total. The van der Waals surface area contributed by atoms with Gasteiger partial charge in [-0.15, -0.1) is 0 Å². The third-order valence-corrected chi connectivity index (χ3v) is 3.87. The molecule has 2 aromatic rings. The van der Waals surface area contributed by atoms with Crippen molar-refractivity contribution in [2.75, 3.05) is 19.6 Å². The Morgan fingerprint density at radius 1 is 1.29 bits per heavy atom. The zero-order valence-electron chi connectivity index (χ0n) is 11.7. The van der Waals surface area contributed by atoms with E-state index in [0.717, 1.165) is 25.9 Å². The zero-order valence-corrected chi connectivity index (χ0v) is 11.7. The highest BCUT2D eigenvalue weighted by Gasteiger charge is 2.16. The Labute approximate surface area is 122 Å². The van der Waals surface area contributed by atoms with E-state index in [1.165, 1.54) is 6.07 Å². The van der Waals surface area contributed by atoms with Crippen molar-refractivity contribution in [2.24, 2.45) is 5.92 Å². The van der Waals surface area contributed by atoms with E-state index in [2.05, 4.69) is 10.6 Å². The molecule has 21 heavy (non-hydrogen) atoms. The first kappa shape index (κ1) is 13.8. The summed E-state index contributed by atoms with van der Waals surface area (Å²) in [4.78, 5) is 24.1. The molecule has 3 rings (SSSR count). The molecule has 1 aliphatic rings. The molecule has 1 aromatic heterocycles. The van der Waals surface area contributed by atoms with Gasteiger partial charge in [-0.1, -0.05) is 12.1 Å². The quantitative estimate of drug-likeness (QED) is 0.897. The Morgan fingerprint density at radius 3 is 2.86 bits per heavy atom. The number of hydrogen-bond acceptors (Lipinski definition) is 4. The van der Waals surface area contributed by atoms with Crippen molar-refractivity contribution in [1.29, 1.82) is 0 Å². The minimum atomic E-state index is -0.323. The molecule has 0 bridgehead atoms. The van der Waals surface area contributed by atoms with Crippen LogP contribution in [0.1, 0.15) is 23.4 Å². The van der Waals surface area contributed by atoms with Crippen LogP contribution >= 0.6 is 0 Å². The zero-order chi connectivity index (χ0) is 14.7. The first-order valence-corrected chi connectivity index (χ1v) is 7.26. The largest absolute Gasteiger partial charge is 0.451 e. The number of hydrogen-bond donors (Lipinski definition) is 2. The summed E-state index contributed by atoms with van der Waals surface area (Å²) in [6.07, 6.45) is 2.11. The van der Waals surface area contributed by atoms with Crippen LogP contribution in [-0.4, -0.2) is 25.5 Å². The lowest BCUT2D eigenvalue weighted by molar-refractivity contribution is 0.0917. The highest BCUT2D eigenvalue weighted by atomic mass is 16.3. The van der Waals surface area contributed by atoms with Gasteiger partial charge in [0.15, 0.2) is 11.2 Å². The van der Waals surface area contributed by atoms with Gasteiger partial charge in [-0.25, -0.2) is 0 Å². The minimum Gasteiger partial charge on any atom is -0.451 e. The third-order valence-electron chi connectivity index (χ3n) is 3.87. The average Bonchev–Trinajstić information content (AvgIpc) is 2.53. The Balaban J connectivity index is 1.73. The van der Waals surface area contributed by atoms with E-state index in [-0.39, 0.29) is 17.1 Å². The third kappa shape index (κ3) is 3.13. The average molecular weight is 286 g/mol. The van der Waals surface area contributed by atoms with Crippen molar-refractivity contribution in [3.63, 3.8) is 0 Å². The highest BCUT2D eigenvalue weighted by molar-refractivity contribution is 5.93. The number of rotatable bonds is 3. The number of amides is 1. The molecule has 1 fully saturated rings. The summed E-state index contributed by atoms with van der Waals surface area (Å²) in [7, 11) is 0. The molecule has 0 aliphatic carbocycles. The van der Waals surface area contributed by atoms with Crippen molar-refractivity contribution in [1.82, 2.24) is 10.6 Å². The van der Waals surface area contributed by atoms with Crippen molar-refractivity contribution in [3.05, 3.63) is 46.3 Å². The van der Waals surface area contributed by atoms with Crippen molar-refractivity contribution < 1.29 is 9.21 Å². The highest BCUT2D eigenvalue weighted by Crippen LogP contribution is 2.13. The lowest BCUT2D eigenvalue weighted by atomic mass is 9.98. The summed E-state index contributed by atoms with van der Waals surface area (Å²) in [6, 6.07) is 8.20. The summed E-state index contributed by atoms with van der Waals surface area (Å²) in [6.45, 7) is 2.61. The number of benzene rings is 1. The van der Waals surface area contributed by atoms with Crippen LogP contribution in [-0.2, 0) is 0 Å². The first-order chi connectivity index (χ1) is 10.2. The summed E-state index contributed by atoms with van der Waals surface area (Å²) < 4.78 is 5.52. The molecule has 5 heteroatoms. The fourth-order valence-corrected chi connectivity index (χ4v) is 2.63. The molecule has 0 atom stereocenters. The number of carbonyl (C=O) groups is 1. The van der Waals surface area contributed by atoms with Gasteiger partial charge in [0.25, 0.3) is 5.91 Å². The molecule has 0 radical (unpaired) electrons. The van der Waals surface area contributed by atoms with Gasteiger partial charge < -0.3 is 15.1 Å². The summed E-state index contributed by atoms with van der Waals surface area (Å²) in [5, 5.41) is 6.64. The van der Waals surface area contributed by atoms with Crippen molar-refractivity contribution in [3.8, 4) is 0 Å². The monoisotopic (exact) mass is 286 g/mol. The summed E-state index contributed by atoms with van der Waals surface area (Å²) in [5.74, 6) is 0.242. The maximum atomic E-state index is 12.1. The van der Waals surface area contributed by atoms with E-state index in [4.69, 9.17) is 4.42 Å². The fraction of sp³-hybridized carbons (Fsp3) is 0.375. The molecule has 0 saturated carbocycles. The predicted octanol–water partition coefficient (Wildman–Crippen LogP) is 1.52. The minimum absolute atomic E-state index is 0.0765. The van der Waals surface area contributed by atoms with E-state index in [9.17, 15) is 9.59 Å². The van der Waals surface area contributed by atoms with Gasteiger partial charge in [-0.2, -0.15) is 0 Å². The Kier molecular flexibility index (Phi) is 4.01. The van der Waals surface area contributed by atoms with Crippen molar-refractivity contribution in [2.45, 2.75) is 12.8 Å². The van der Waals surface area contributed by atoms with Crippen LogP contribution in [0.5, 0.6) is 0 Å². The lowest BCUT2D eigenvalue weighted by Crippen LogP contribution is -2.36. The number of piperidine rings is 1. The second-order valence-electron chi connectivity index (χ2n) is 5.37. The van der Waals surface area contributed by atoms with Gasteiger partial charge in [-0.3, -0.25) is 9.59 Å². The second-order valence-corrected chi connectivity index (χ2v) is 5.37. The van der Waals surface area contributed by atoms with E-state index >= 15 is 0 Å². The second kappa shape index (κ2) is 6.10. The Morgan fingerprint density at radius 2 is 2.05 bits per heavy atom. The molecule has 1 saturated heterocycles. The summed E-state index contributed by atoms with van der Waals surface area (Å²) >= 11 is 0. The molecule has 0 spiro atoms. The first-order valence-electron chi connectivity index (χ1n) is 7.26. The summed E-state index contributed by atoms with van der Waals surface area (Å²) in [5.41, 5.74) is 0.251. The molecule has 2 heterocycles. The van der Waals surface area contributed by atoms with E-state index in [1.54, 1.807) is 24.3 Å². The van der Waals surface area contributed by atoms with Crippen LogP contribution in [0, 0.1) is 5.92 Å². The fourth-order valence-electron chi connectivity index (χ4n) is 2.63. The van der Waals surface area contributed by atoms with Gasteiger partial charge in [0.2, 0.25) is 0 Å². The Hall–Kier alpha value is -2.14. The molecule has 0 unspecified atom stereocenters. The van der Waals surface area contributed by atoms with Gasteiger partial charge in [-0.05, 0) is 44.0 Å². The molecule has 1 amide bonds. The van der Waals surface area contributed by atoms with Gasteiger partial charge >= 0.3 is 0 Å². The molecule has 5 nitrogen and oxygen atoms in total. The maximum Gasteiger partial charge on any atom is 0.287 e. The normalized spacial score (nSPS) is 16.0.